The second-order valence-corrected chi connectivity index (χ2v) is 4.70. The first-order valence-corrected chi connectivity index (χ1v) is 5.93. The highest BCUT2D eigenvalue weighted by atomic mass is 31.1. The van der Waals surface area contributed by atoms with Crippen molar-refractivity contribution in [3.05, 3.63) is 12.7 Å². The Morgan fingerprint density at radius 1 is 1.60 bits per heavy atom. The van der Waals surface area contributed by atoms with Gasteiger partial charge in [-0.3, -0.25) is 4.57 Å². The summed E-state index contributed by atoms with van der Waals surface area (Å²) in [4.78, 5) is 0. The summed E-state index contributed by atoms with van der Waals surface area (Å²) in [6.45, 7) is 7.30. The predicted molar refractivity (Wildman–Crippen MR) is 57.1 cm³/mol. The van der Waals surface area contributed by atoms with Gasteiger partial charge in [0.2, 0.25) is 0 Å². The molecule has 0 amide bonds. The zero-order valence-corrected chi connectivity index (χ0v) is 9.94. The van der Waals surface area contributed by atoms with Gasteiger partial charge in [-0.1, -0.05) is 6.08 Å². The van der Waals surface area contributed by atoms with Gasteiger partial charge in [-0.05, 0) is 13.8 Å². The fraction of sp³-hybridized carbons (Fsp3) is 0.800. The van der Waals surface area contributed by atoms with Gasteiger partial charge in [-0.15, -0.1) is 6.58 Å². The van der Waals surface area contributed by atoms with Crippen molar-refractivity contribution in [3.63, 3.8) is 0 Å². The van der Waals surface area contributed by atoms with Gasteiger partial charge >= 0.3 is 0 Å². The van der Waals surface area contributed by atoms with Crippen LogP contribution >= 0.6 is 8.46 Å². The average molecular weight is 232 g/mol. The SMILES string of the molecule is C=C[C@@H]1OC(C)(C)O[C@@H]1C[C@H](O)CP=O. The van der Waals surface area contributed by atoms with Gasteiger partial charge in [0, 0.05) is 6.42 Å². The largest absolute Gasteiger partial charge is 0.392 e. The lowest BCUT2D eigenvalue weighted by atomic mass is 10.1. The number of hydrogen-bond acceptors (Lipinski definition) is 4. The maximum absolute atomic E-state index is 10.3. The molecule has 1 rings (SSSR count). The topological polar surface area (TPSA) is 55.8 Å². The van der Waals surface area contributed by atoms with Gasteiger partial charge in [0.1, 0.15) is 6.10 Å². The molecule has 15 heavy (non-hydrogen) atoms. The van der Waals surface area contributed by atoms with Crippen LogP contribution in [0.15, 0.2) is 12.7 Å². The van der Waals surface area contributed by atoms with Crippen molar-refractivity contribution >= 4 is 8.46 Å². The van der Waals surface area contributed by atoms with Gasteiger partial charge in [-0.2, -0.15) is 0 Å². The summed E-state index contributed by atoms with van der Waals surface area (Å²) in [6, 6.07) is 0. The van der Waals surface area contributed by atoms with E-state index >= 15 is 0 Å². The van der Waals surface area contributed by atoms with E-state index in [1.807, 2.05) is 13.8 Å². The molecule has 1 aliphatic rings. The van der Waals surface area contributed by atoms with E-state index < -0.39 is 11.9 Å². The normalized spacial score (nSPS) is 31.7. The summed E-state index contributed by atoms with van der Waals surface area (Å²) in [6.07, 6.45) is 1.25. The van der Waals surface area contributed by atoms with Crippen molar-refractivity contribution < 1.29 is 19.1 Å². The summed E-state index contributed by atoms with van der Waals surface area (Å²) in [7, 11) is -0.0514. The molecule has 1 aliphatic heterocycles. The highest BCUT2D eigenvalue weighted by molar-refractivity contribution is 7.23. The first-order valence-electron chi connectivity index (χ1n) is 4.94. The third kappa shape index (κ3) is 3.65. The van der Waals surface area contributed by atoms with Crippen LogP contribution in [0.5, 0.6) is 0 Å². The highest BCUT2D eigenvalue weighted by Gasteiger charge is 2.40. The molecule has 1 saturated heterocycles. The Morgan fingerprint density at radius 3 is 2.80 bits per heavy atom. The maximum atomic E-state index is 10.3. The number of rotatable bonds is 5. The van der Waals surface area contributed by atoms with E-state index in [1.165, 1.54) is 0 Å². The first kappa shape index (κ1) is 12.8. The fourth-order valence-corrected chi connectivity index (χ4v) is 2.00. The minimum Gasteiger partial charge on any atom is -0.392 e. The molecule has 0 spiro atoms. The molecule has 0 unspecified atom stereocenters. The van der Waals surface area contributed by atoms with Crippen molar-refractivity contribution in [2.24, 2.45) is 0 Å². The second kappa shape index (κ2) is 5.17. The highest BCUT2D eigenvalue weighted by Crippen LogP contribution is 2.31. The van der Waals surface area contributed by atoms with Crippen LogP contribution < -0.4 is 0 Å². The first-order chi connectivity index (χ1) is 6.98. The molecule has 4 nitrogen and oxygen atoms in total. The van der Waals surface area contributed by atoms with Crippen LogP contribution in [0.1, 0.15) is 20.3 Å². The van der Waals surface area contributed by atoms with Crippen LogP contribution in [0.2, 0.25) is 0 Å². The smallest absolute Gasteiger partial charge is 0.164 e. The van der Waals surface area contributed by atoms with Crippen molar-refractivity contribution in [1.82, 2.24) is 0 Å². The lowest BCUT2D eigenvalue weighted by Crippen LogP contribution is -2.27. The Hall–Kier alpha value is -0.280. The van der Waals surface area contributed by atoms with E-state index in [-0.39, 0.29) is 26.8 Å². The van der Waals surface area contributed by atoms with Crippen molar-refractivity contribution in [2.45, 2.75) is 44.4 Å². The van der Waals surface area contributed by atoms with Crippen LogP contribution in [0, 0.1) is 0 Å². The van der Waals surface area contributed by atoms with Gasteiger partial charge in [0.15, 0.2) is 14.2 Å². The van der Waals surface area contributed by atoms with Gasteiger partial charge in [0.25, 0.3) is 0 Å². The number of aliphatic hydroxyl groups excluding tert-OH is 1. The van der Waals surface area contributed by atoms with E-state index in [2.05, 4.69) is 6.58 Å². The molecule has 1 heterocycles. The van der Waals surface area contributed by atoms with Crippen LogP contribution in [-0.4, -0.2) is 35.4 Å². The predicted octanol–water partition coefficient (Wildman–Crippen LogP) is 1.74. The van der Waals surface area contributed by atoms with Crippen molar-refractivity contribution in [3.8, 4) is 0 Å². The van der Waals surface area contributed by atoms with Crippen LogP contribution in [-0.2, 0) is 14.0 Å². The minimum atomic E-state index is -0.640. The molecule has 86 valence electrons. The molecular formula is C10H17O4P. The molecule has 1 N–H and O–H groups in total. The van der Waals surface area contributed by atoms with E-state index in [4.69, 9.17) is 9.47 Å². The van der Waals surface area contributed by atoms with Gasteiger partial charge in [0.05, 0.1) is 18.4 Å². The lowest BCUT2D eigenvalue weighted by Gasteiger charge is -2.17. The van der Waals surface area contributed by atoms with Crippen molar-refractivity contribution in [1.29, 1.82) is 0 Å². The van der Waals surface area contributed by atoms with E-state index in [9.17, 15) is 9.67 Å². The third-order valence-electron chi connectivity index (χ3n) is 2.24. The summed E-state index contributed by atoms with van der Waals surface area (Å²) >= 11 is 0. The summed E-state index contributed by atoms with van der Waals surface area (Å²) < 4.78 is 21.5. The molecule has 0 aromatic rings. The molecular weight excluding hydrogens is 215 g/mol. The summed E-state index contributed by atoms with van der Waals surface area (Å²) in [5.41, 5.74) is 0. The zero-order valence-electron chi connectivity index (χ0n) is 9.05. The molecule has 1 fully saturated rings. The zero-order chi connectivity index (χ0) is 11.5. The van der Waals surface area contributed by atoms with Crippen molar-refractivity contribution in [2.75, 3.05) is 6.16 Å². The van der Waals surface area contributed by atoms with Crippen LogP contribution in [0.4, 0.5) is 0 Å². The maximum Gasteiger partial charge on any atom is 0.164 e. The number of aliphatic hydroxyl groups is 1. The molecule has 3 atom stereocenters. The minimum absolute atomic E-state index is 0.0514. The Kier molecular flexibility index (Phi) is 4.41. The average Bonchev–Trinajstić information content (AvgIpc) is 2.40. The molecule has 0 radical (unpaired) electrons. The fourth-order valence-electron chi connectivity index (χ4n) is 1.67. The Labute approximate surface area is 91.5 Å². The Morgan fingerprint density at radius 2 is 2.27 bits per heavy atom. The van der Waals surface area contributed by atoms with Gasteiger partial charge < -0.3 is 14.6 Å². The van der Waals surface area contributed by atoms with Crippen LogP contribution in [0.3, 0.4) is 0 Å². The number of hydrogen-bond donors (Lipinski definition) is 1. The Balaban J connectivity index is 2.53. The van der Waals surface area contributed by atoms with Gasteiger partial charge in [-0.25, -0.2) is 0 Å². The standard InChI is InChI=1S/C10H17O4P/c1-4-8-9(5-7(11)6-15-12)14-10(2,3)13-8/h4,7-9,11H,1,5-6H2,2-3H3/t7-,8-,9+/m0/s1. The Bertz CT molecular complexity index is 242. The van der Waals surface area contributed by atoms with E-state index in [0.717, 1.165) is 0 Å². The summed E-state index contributed by atoms with van der Waals surface area (Å²) in [5, 5.41) is 9.52. The summed E-state index contributed by atoms with van der Waals surface area (Å²) in [5.74, 6) is -0.640. The monoisotopic (exact) mass is 232 g/mol. The molecule has 5 heteroatoms. The quantitative estimate of drug-likeness (QED) is 0.579. The molecule has 0 aliphatic carbocycles. The molecule has 0 aromatic heterocycles. The molecule has 0 bridgehead atoms. The third-order valence-corrected chi connectivity index (χ3v) is 2.81. The second-order valence-electron chi connectivity index (χ2n) is 4.08. The lowest BCUT2D eigenvalue weighted by molar-refractivity contribution is -0.145. The molecule has 0 aromatic carbocycles. The number of ether oxygens (including phenoxy) is 2. The van der Waals surface area contributed by atoms with E-state index in [0.29, 0.717) is 6.42 Å². The van der Waals surface area contributed by atoms with Crippen LogP contribution in [0.25, 0.3) is 0 Å². The molecule has 0 saturated carbocycles. The van der Waals surface area contributed by atoms with E-state index in [1.54, 1.807) is 6.08 Å².